The van der Waals surface area contributed by atoms with Crippen molar-refractivity contribution in [2.45, 2.75) is 4.90 Å². The Morgan fingerprint density at radius 2 is 2.05 bits per heavy atom. The van der Waals surface area contributed by atoms with Crippen LogP contribution in [-0.2, 0) is 10.0 Å². The second-order valence-corrected chi connectivity index (χ2v) is 6.51. The molecule has 8 nitrogen and oxygen atoms in total. The van der Waals surface area contributed by atoms with E-state index in [1.165, 1.54) is 18.2 Å². The van der Waals surface area contributed by atoms with Crippen molar-refractivity contribution < 1.29 is 13.3 Å². The third-order valence-corrected chi connectivity index (χ3v) is 4.73. The number of rotatable bonds is 6. The van der Waals surface area contributed by atoms with Gasteiger partial charge in [-0.2, -0.15) is 0 Å². The molecule has 0 radical (unpaired) electrons. The molecule has 1 aliphatic heterocycles. The largest absolute Gasteiger partial charge is 0.314 e. The number of nitrogens with zero attached hydrogens (tertiary/aromatic N) is 2. The molecule has 0 aliphatic carbocycles. The first-order valence-electron chi connectivity index (χ1n) is 6.66. The molecule has 1 aliphatic rings. The second kappa shape index (κ2) is 6.94. The molecule has 0 amide bonds. The van der Waals surface area contributed by atoms with Crippen molar-refractivity contribution in [3.05, 3.63) is 34.4 Å². The van der Waals surface area contributed by atoms with Crippen LogP contribution in [0.25, 0.3) is 0 Å². The van der Waals surface area contributed by atoms with Crippen molar-refractivity contribution in [3.8, 4) is 0 Å². The molecule has 21 heavy (non-hydrogen) atoms. The molecular weight excluding hydrogens is 296 g/mol. The van der Waals surface area contributed by atoms with Crippen LogP contribution in [0.3, 0.4) is 0 Å². The number of benzene rings is 1. The van der Waals surface area contributed by atoms with E-state index in [-0.39, 0.29) is 17.1 Å². The van der Waals surface area contributed by atoms with Gasteiger partial charge in [0.2, 0.25) is 10.0 Å². The van der Waals surface area contributed by atoms with Gasteiger partial charge in [0, 0.05) is 51.4 Å². The van der Waals surface area contributed by atoms with E-state index >= 15 is 0 Å². The molecule has 1 saturated heterocycles. The van der Waals surface area contributed by atoms with E-state index in [2.05, 4.69) is 14.9 Å². The minimum Gasteiger partial charge on any atom is -0.314 e. The minimum atomic E-state index is -3.71. The fourth-order valence-electron chi connectivity index (χ4n) is 2.12. The van der Waals surface area contributed by atoms with Gasteiger partial charge in [-0.1, -0.05) is 6.07 Å². The van der Waals surface area contributed by atoms with Gasteiger partial charge in [0.25, 0.3) is 5.69 Å². The van der Waals surface area contributed by atoms with Crippen LogP contribution in [0.1, 0.15) is 0 Å². The molecule has 116 valence electrons. The summed E-state index contributed by atoms with van der Waals surface area (Å²) in [5, 5.41) is 13.9. The Labute approximate surface area is 123 Å². The molecule has 0 bridgehead atoms. The number of nitrogens with one attached hydrogen (secondary N) is 2. The third kappa shape index (κ3) is 4.46. The summed E-state index contributed by atoms with van der Waals surface area (Å²) in [6, 6.07) is 5.04. The van der Waals surface area contributed by atoms with Crippen molar-refractivity contribution in [1.29, 1.82) is 0 Å². The second-order valence-electron chi connectivity index (χ2n) is 4.74. The van der Waals surface area contributed by atoms with Gasteiger partial charge in [0.05, 0.1) is 9.82 Å². The summed E-state index contributed by atoms with van der Waals surface area (Å²) in [6.07, 6.45) is 0. The number of hydrogen-bond acceptors (Lipinski definition) is 6. The van der Waals surface area contributed by atoms with Crippen molar-refractivity contribution >= 4 is 15.7 Å². The Bertz CT molecular complexity index is 599. The van der Waals surface area contributed by atoms with Gasteiger partial charge >= 0.3 is 0 Å². The Hall–Kier alpha value is -1.55. The van der Waals surface area contributed by atoms with E-state index in [1.807, 2.05) is 0 Å². The predicted molar refractivity (Wildman–Crippen MR) is 77.6 cm³/mol. The molecule has 1 aromatic rings. The van der Waals surface area contributed by atoms with Crippen LogP contribution >= 0.6 is 0 Å². The smallest absolute Gasteiger partial charge is 0.270 e. The van der Waals surface area contributed by atoms with Gasteiger partial charge in [-0.15, -0.1) is 0 Å². The molecule has 1 aromatic carbocycles. The summed E-state index contributed by atoms with van der Waals surface area (Å²) in [5.74, 6) is 0. The number of piperazine rings is 1. The molecule has 9 heteroatoms. The van der Waals surface area contributed by atoms with Crippen LogP contribution < -0.4 is 10.0 Å². The van der Waals surface area contributed by atoms with E-state index in [4.69, 9.17) is 0 Å². The lowest BCUT2D eigenvalue weighted by Crippen LogP contribution is -2.46. The standard InChI is InChI=1S/C12H18N4O4S/c17-16(18)11-2-1-3-12(10-11)21(19,20)14-6-9-15-7-4-13-5-8-15/h1-3,10,13-14H,4-9H2. The topological polar surface area (TPSA) is 105 Å². The zero-order valence-electron chi connectivity index (χ0n) is 11.5. The van der Waals surface area contributed by atoms with Crippen molar-refractivity contribution in [2.75, 3.05) is 39.3 Å². The SMILES string of the molecule is O=[N+]([O-])c1cccc(S(=O)(=O)NCCN2CCNCC2)c1. The fraction of sp³-hybridized carbons (Fsp3) is 0.500. The number of nitro benzene ring substituents is 1. The van der Waals surface area contributed by atoms with Crippen molar-refractivity contribution in [1.82, 2.24) is 14.9 Å². The molecule has 0 unspecified atom stereocenters. The van der Waals surface area contributed by atoms with Gasteiger partial charge in [0.1, 0.15) is 0 Å². The molecule has 1 heterocycles. The summed E-state index contributed by atoms with van der Waals surface area (Å²) in [4.78, 5) is 12.1. The summed E-state index contributed by atoms with van der Waals surface area (Å²) >= 11 is 0. The summed E-state index contributed by atoms with van der Waals surface area (Å²) in [7, 11) is -3.71. The van der Waals surface area contributed by atoms with Gasteiger partial charge in [-0.05, 0) is 6.07 Å². The van der Waals surface area contributed by atoms with Crippen LogP contribution in [0.5, 0.6) is 0 Å². The first kappa shape index (κ1) is 15.8. The maximum absolute atomic E-state index is 12.1. The summed E-state index contributed by atoms with van der Waals surface area (Å²) in [5.41, 5.74) is -0.236. The van der Waals surface area contributed by atoms with Crippen molar-refractivity contribution in [2.24, 2.45) is 0 Å². The quantitative estimate of drug-likeness (QED) is 0.555. The first-order valence-corrected chi connectivity index (χ1v) is 8.14. The average molecular weight is 314 g/mol. The highest BCUT2D eigenvalue weighted by molar-refractivity contribution is 7.89. The third-order valence-electron chi connectivity index (χ3n) is 3.27. The van der Waals surface area contributed by atoms with Gasteiger partial charge in [0.15, 0.2) is 0 Å². The lowest BCUT2D eigenvalue weighted by molar-refractivity contribution is -0.385. The van der Waals surface area contributed by atoms with E-state index in [9.17, 15) is 18.5 Å². The molecule has 1 fully saturated rings. The zero-order valence-corrected chi connectivity index (χ0v) is 12.3. The fourth-order valence-corrected chi connectivity index (χ4v) is 3.18. The Morgan fingerprint density at radius 1 is 1.33 bits per heavy atom. The number of sulfonamides is 1. The van der Waals surface area contributed by atoms with Crippen LogP contribution in [0.15, 0.2) is 29.2 Å². The van der Waals surface area contributed by atoms with Crippen LogP contribution in [-0.4, -0.2) is 57.5 Å². The van der Waals surface area contributed by atoms with Gasteiger partial charge in [-0.3, -0.25) is 15.0 Å². The first-order chi connectivity index (χ1) is 9.99. The van der Waals surface area contributed by atoms with Gasteiger partial charge in [-0.25, -0.2) is 13.1 Å². The van der Waals surface area contributed by atoms with E-state index in [1.54, 1.807) is 0 Å². The zero-order chi connectivity index (χ0) is 15.3. The highest BCUT2D eigenvalue weighted by atomic mass is 32.2. The predicted octanol–water partition coefficient (Wildman–Crippen LogP) is -0.222. The minimum absolute atomic E-state index is 0.0861. The highest BCUT2D eigenvalue weighted by Crippen LogP contribution is 2.16. The maximum atomic E-state index is 12.1. The lowest BCUT2D eigenvalue weighted by Gasteiger charge is -2.27. The van der Waals surface area contributed by atoms with Gasteiger partial charge < -0.3 is 5.32 Å². The molecule has 0 saturated carbocycles. The van der Waals surface area contributed by atoms with Crippen LogP contribution in [0.2, 0.25) is 0 Å². The number of hydrogen-bond donors (Lipinski definition) is 2. The molecule has 2 rings (SSSR count). The molecule has 0 atom stereocenters. The normalized spacial score (nSPS) is 16.8. The van der Waals surface area contributed by atoms with Crippen LogP contribution in [0, 0.1) is 10.1 Å². The molecule has 2 N–H and O–H groups in total. The summed E-state index contributed by atoms with van der Waals surface area (Å²) in [6.45, 7) is 4.48. The number of nitro groups is 1. The van der Waals surface area contributed by atoms with E-state index < -0.39 is 14.9 Å². The molecule has 0 aromatic heterocycles. The van der Waals surface area contributed by atoms with Crippen molar-refractivity contribution in [3.63, 3.8) is 0 Å². The van der Waals surface area contributed by atoms with E-state index in [0.717, 1.165) is 32.2 Å². The molecular formula is C12H18N4O4S. The average Bonchev–Trinajstić information content (AvgIpc) is 2.48. The molecule has 0 spiro atoms. The monoisotopic (exact) mass is 314 g/mol. The Morgan fingerprint density at radius 3 is 2.71 bits per heavy atom. The summed E-state index contributed by atoms with van der Waals surface area (Å²) < 4.78 is 26.6. The lowest BCUT2D eigenvalue weighted by atomic mass is 10.3. The van der Waals surface area contributed by atoms with E-state index in [0.29, 0.717) is 6.54 Å². The number of non-ortho nitro benzene ring substituents is 1. The Balaban J connectivity index is 1.94. The maximum Gasteiger partial charge on any atom is 0.270 e. The highest BCUT2D eigenvalue weighted by Gasteiger charge is 2.18. The van der Waals surface area contributed by atoms with Crippen LogP contribution in [0.4, 0.5) is 5.69 Å². The Kier molecular flexibility index (Phi) is 5.23.